The second-order valence-corrected chi connectivity index (χ2v) is 6.01. The van der Waals surface area contributed by atoms with Gasteiger partial charge in [0, 0.05) is 10.0 Å². The lowest BCUT2D eigenvalue weighted by Gasteiger charge is -2.08. The third-order valence-corrected chi connectivity index (χ3v) is 4.10. The fourth-order valence-electron chi connectivity index (χ4n) is 2.21. The molecule has 2 N–H and O–H groups in total. The first-order chi connectivity index (χ1) is 12.1. The van der Waals surface area contributed by atoms with Crippen molar-refractivity contribution in [1.82, 2.24) is 4.98 Å². The highest BCUT2D eigenvalue weighted by molar-refractivity contribution is 9.10. The van der Waals surface area contributed by atoms with Gasteiger partial charge in [-0.1, -0.05) is 6.07 Å². The quantitative estimate of drug-likeness (QED) is 0.716. The van der Waals surface area contributed by atoms with Gasteiger partial charge in [0.15, 0.2) is 0 Å². The van der Waals surface area contributed by atoms with Gasteiger partial charge in [0.05, 0.1) is 11.3 Å². The molecule has 2 aromatic carbocycles. The standard InChI is InChI=1S/C19H12BrN3O2/c20-16-10-15(9-6-13(16)11-21)25-14-7-4-12(5-8-14)17-2-1-3-18(23-17)19(22)24/h1-10H,(H2,22,24). The van der Waals surface area contributed by atoms with Gasteiger partial charge in [0.25, 0.3) is 5.91 Å². The molecular formula is C19H12BrN3O2. The predicted octanol–water partition coefficient (Wildman–Crippen LogP) is 4.27. The van der Waals surface area contributed by atoms with Crippen molar-refractivity contribution in [2.45, 2.75) is 0 Å². The Morgan fingerprint density at radius 2 is 1.80 bits per heavy atom. The SMILES string of the molecule is N#Cc1ccc(Oc2ccc(-c3cccc(C(N)=O)n3)cc2)cc1Br. The molecule has 3 aromatic rings. The van der Waals surface area contributed by atoms with Crippen molar-refractivity contribution < 1.29 is 9.53 Å². The van der Waals surface area contributed by atoms with E-state index in [2.05, 4.69) is 27.0 Å². The van der Waals surface area contributed by atoms with Crippen molar-refractivity contribution >= 4 is 21.8 Å². The molecule has 0 fully saturated rings. The molecule has 0 aliphatic rings. The number of nitrogens with zero attached hydrogens (tertiary/aromatic N) is 2. The van der Waals surface area contributed by atoms with Crippen molar-refractivity contribution in [3.05, 3.63) is 76.4 Å². The molecule has 25 heavy (non-hydrogen) atoms. The molecule has 0 spiro atoms. The van der Waals surface area contributed by atoms with E-state index in [9.17, 15) is 4.79 Å². The van der Waals surface area contributed by atoms with Crippen LogP contribution in [0.3, 0.4) is 0 Å². The van der Waals surface area contributed by atoms with E-state index in [4.69, 9.17) is 15.7 Å². The summed E-state index contributed by atoms with van der Waals surface area (Å²) in [4.78, 5) is 15.5. The van der Waals surface area contributed by atoms with Crippen LogP contribution in [-0.4, -0.2) is 10.9 Å². The molecule has 122 valence electrons. The molecule has 0 radical (unpaired) electrons. The number of halogens is 1. The van der Waals surface area contributed by atoms with Gasteiger partial charge in [0.1, 0.15) is 23.3 Å². The van der Waals surface area contributed by atoms with Crippen molar-refractivity contribution in [2.24, 2.45) is 5.73 Å². The van der Waals surface area contributed by atoms with Crippen LogP contribution in [0.5, 0.6) is 11.5 Å². The fourth-order valence-corrected chi connectivity index (χ4v) is 2.66. The lowest BCUT2D eigenvalue weighted by atomic mass is 10.1. The van der Waals surface area contributed by atoms with E-state index in [1.807, 2.05) is 12.1 Å². The molecule has 5 nitrogen and oxygen atoms in total. The van der Waals surface area contributed by atoms with Gasteiger partial charge in [-0.15, -0.1) is 0 Å². The second kappa shape index (κ2) is 7.16. The third kappa shape index (κ3) is 3.84. The van der Waals surface area contributed by atoms with Gasteiger partial charge >= 0.3 is 0 Å². The zero-order valence-corrected chi connectivity index (χ0v) is 14.5. The molecule has 0 aliphatic carbocycles. The number of hydrogen-bond acceptors (Lipinski definition) is 4. The third-order valence-electron chi connectivity index (χ3n) is 3.45. The topological polar surface area (TPSA) is 89.0 Å². The molecule has 0 atom stereocenters. The summed E-state index contributed by atoms with van der Waals surface area (Å²) in [5.74, 6) is 0.701. The van der Waals surface area contributed by atoms with Gasteiger partial charge in [-0.05, 0) is 70.5 Å². The average Bonchev–Trinajstić information content (AvgIpc) is 2.62. The van der Waals surface area contributed by atoms with Crippen molar-refractivity contribution in [2.75, 3.05) is 0 Å². The monoisotopic (exact) mass is 393 g/mol. The molecule has 0 saturated heterocycles. The second-order valence-electron chi connectivity index (χ2n) is 5.15. The highest BCUT2D eigenvalue weighted by Crippen LogP contribution is 2.28. The number of nitriles is 1. The number of carbonyl (C=O) groups excluding carboxylic acids is 1. The average molecular weight is 394 g/mol. The van der Waals surface area contributed by atoms with Crippen LogP contribution < -0.4 is 10.5 Å². The molecule has 1 heterocycles. The van der Waals surface area contributed by atoms with Crippen molar-refractivity contribution in [3.63, 3.8) is 0 Å². The fraction of sp³-hybridized carbons (Fsp3) is 0. The Bertz CT molecular complexity index is 979. The van der Waals surface area contributed by atoms with Gasteiger partial charge in [-0.2, -0.15) is 5.26 Å². The maximum absolute atomic E-state index is 11.2. The minimum absolute atomic E-state index is 0.222. The number of rotatable bonds is 4. The Morgan fingerprint density at radius 3 is 2.44 bits per heavy atom. The van der Waals surface area contributed by atoms with E-state index >= 15 is 0 Å². The maximum Gasteiger partial charge on any atom is 0.267 e. The maximum atomic E-state index is 11.2. The summed E-state index contributed by atoms with van der Waals surface area (Å²) >= 11 is 3.33. The first-order valence-electron chi connectivity index (χ1n) is 7.31. The lowest BCUT2D eigenvalue weighted by molar-refractivity contribution is 0.0995. The molecule has 1 amide bonds. The Kier molecular flexibility index (Phi) is 4.78. The summed E-state index contributed by atoms with van der Waals surface area (Å²) in [5, 5.41) is 8.94. The number of pyridine rings is 1. The van der Waals surface area contributed by atoms with E-state index in [1.54, 1.807) is 48.5 Å². The number of aromatic nitrogens is 1. The Labute approximate surface area is 152 Å². The predicted molar refractivity (Wildman–Crippen MR) is 97.1 cm³/mol. The van der Waals surface area contributed by atoms with Crippen LogP contribution in [0.25, 0.3) is 11.3 Å². The number of ether oxygens (including phenoxy) is 1. The van der Waals surface area contributed by atoms with E-state index in [-0.39, 0.29) is 5.69 Å². The summed E-state index contributed by atoms with van der Waals surface area (Å²) in [5.41, 5.74) is 7.53. The minimum Gasteiger partial charge on any atom is -0.457 e. The summed E-state index contributed by atoms with van der Waals surface area (Å²) in [7, 11) is 0. The van der Waals surface area contributed by atoms with Crippen LogP contribution in [-0.2, 0) is 0 Å². The molecular weight excluding hydrogens is 382 g/mol. The smallest absolute Gasteiger partial charge is 0.267 e. The molecule has 0 saturated carbocycles. The summed E-state index contributed by atoms with van der Waals surface area (Å²) in [6, 6.07) is 19.7. The molecule has 0 aliphatic heterocycles. The molecule has 0 unspecified atom stereocenters. The zero-order valence-electron chi connectivity index (χ0n) is 12.9. The number of nitrogens with two attached hydrogens (primary N) is 1. The highest BCUT2D eigenvalue weighted by Gasteiger charge is 2.06. The number of primary amides is 1. The first-order valence-corrected chi connectivity index (χ1v) is 8.11. The molecule has 3 rings (SSSR count). The van der Waals surface area contributed by atoms with E-state index in [1.165, 1.54) is 0 Å². The normalized spacial score (nSPS) is 10.1. The van der Waals surface area contributed by atoms with Crippen molar-refractivity contribution in [1.29, 1.82) is 5.26 Å². The number of benzene rings is 2. The van der Waals surface area contributed by atoms with Crippen LogP contribution >= 0.6 is 15.9 Å². The van der Waals surface area contributed by atoms with Gasteiger partial charge in [0.2, 0.25) is 0 Å². The van der Waals surface area contributed by atoms with Crippen LogP contribution in [0.1, 0.15) is 16.1 Å². The summed E-state index contributed by atoms with van der Waals surface area (Å²) < 4.78 is 6.45. The van der Waals surface area contributed by atoms with Gasteiger partial charge in [-0.3, -0.25) is 4.79 Å². The first kappa shape index (κ1) is 16.7. The van der Waals surface area contributed by atoms with Crippen LogP contribution in [0.2, 0.25) is 0 Å². The van der Waals surface area contributed by atoms with E-state index in [0.717, 1.165) is 5.56 Å². The summed E-state index contributed by atoms with van der Waals surface area (Å²) in [6.07, 6.45) is 0. The van der Waals surface area contributed by atoms with E-state index in [0.29, 0.717) is 27.2 Å². The van der Waals surface area contributed by atoms with Crippen molar-refractivity contribution in [3.8, 4) is 28.8 Å². The summed E-state index contributed by atoms with van der Waals surface area (Å²) in [6.45, 7) is 0. The largest absolute Gasteiger partial charge is 0.457 e. The Morgan fingerprint density at radius 1 is 1.08 bits per heavy atom. The van der Waals surface area contributed by atoms with Crippen LogP contribution in [0, 0.1) is 11.3 Å². The highest BCUT2D eigenvalue weighted by atomic mass is 79.9. The molecule has 1 aromatic heterocycles. The minimum atomic E-state index is -0.562. The zero-order chi connectivity index (χ0) is 17.8. The molecule has 0 bridgehead atoms. The molecule has 6 heteroatoms. The van der Waals surface area contributed by atoms with Crippen LogP contribution in [0.15, 0.2) is 65.1 Å². The number of amides is 1. The van der Waals surface area contributed by atoms with E-state index < -0.39 is 5.91 Å². The van der Waals surface area contributed by atoms with Gasteiger partial charge in [-0.25, -0.2) is 4.98 Å². The van der Waals surface area contributed by atoms with Gasteiger partial charge < -0.3 is 10.5 Å². The Hall–Kier alpha value is -3.17. The number of carbonyl (C=O) groups is 1. The lowest BCUT2D eigenvalue weighted by Crippen LogP contribution is -2.12. The van der Waals surface area contributed by atoms with Crippen LogP contribution in [0.4, 0.5) is 0 Å². The number of hydrogen-bond donors (Lipinski definition) is 1. The Balaban J connectivity index is 1.81.